The number of benzene rings is 1. The lowest BCUT2D eigenvalue weighted by atomic mass is 10.2. The number of anilines is 2. The highest BCUT2D eigenvalue weighted by Gasteiger charge is 2.16. The summed E-state index contributed by atoms with van der Waals surface area (Å²) in [4.78, 5) is 8.80. The van der Waals surface area contributed by atoms with Crippen LogP contribution in [0.4, 0.5) is 11.5 Å². The molecule has 0 aliphatic rings. The quantitative estimate of drug-likeness (QED) is 0.490. The van der Waals surface area contributed by atoms with Crippen molar-refractivity contribution in [1.82, 2.24) is 14.5 Å². The Morgan fingerprint density at radius 1 is 1.21 bits per heavy atom. The minimum Gasteiger partial charge on any atom is -0.382 e. The van der Waals surface area contributed by atoms with Crippen LogP contribution in [0.25, 0.3) is 11.0 Å². The highest BCUT2D eigenvalue weighted by atomic mass is 32.2. The van der Waals surface area contributed by atoms with E-state index in [0.29, 0.717) is 49.6 Å². The molecule has 0 unspecified atom stereocenters. The molecule has 2 heterocycles. The number of rotatable bonds is 10. The maximum atomic E-state index is 12.3. The number of para-hydroxylation sites is 1. The van der Waals surface area contributed by atoms with E-state index in [2.05, 4.69) is 19.3 Å². The Balaban J connectivity index is 1.69. The Kier molecular flexibility index (Phi) is 6.71. The van der Waals surface area contributed by atoms with Crippen molar-refractivity contribution >= 4 is 32.6 Å². The summed E-state index contributed by atoms with van der Waals surface area (Å²) in [7, 11) is -3.39. The van der Waals surface area contributed by atoms with E-state index in [4.69, 9.17) is 10.5 Å². The molecule has 3 rings (SSSR count). The van der Waals surface area contributed by atoms with Crippen molar-refractivity contribution in [2.45, 2.75) is 39.8 Å². The van der Waals surface area contributed by atoms with E-state index in [-0.39, 0.29) is 5.75 Å². The predicted octanol–water partition coefficient (Wildman–Crippen LogP) is 3.08. The first-order chi connectivity index (χ1) is 13.9. The number of imidazole rings is 1. The molecule has 0 saturated carbocycles. The van der Waals surface area contributed by atoms with E-state index in [1.807, 2.05) is 19.9 Å². The number of pyridine rings is 1. The summed E-state index contributed by atoms with van der Waals surface area (Å²) in [5.74, 6) is 1.21. The van der Waals surface area contributed by atoms with E-state index in [9.17, 15) is 8.42 Å². The van der Waals surface area contributed by atoms with Gasteiger partial charge in [-0.25, -0.2) is 18.4 Å². The minimum absolute atomic E-state index is 0.0536. The average Bonchev–Trinajstić information content (AvgIpc) is 3.06. The van der Waals surface area contributed by atoms with Gasteiger partial charge in [-0.05, 0) is 44.4 Å². The van der Waals surface area contributed by atoms with Crippen molar-refractivity contribution in [2.24, 2.45) is 0 Å². The number of aromatic nitrogens is 3. The fourth-order valence-electron chi connectivity index (χ4n) is 3.21. The van der Waals surface area contributed by atoms with Gasteiger partial charge in [-0.1, -0.05) is 18.2 Å². The lowest BCUT2D eigenvalue weighted by Crippen LogP contribution is -2.17. The number of sulfonamides is 1. The van der Waals surface area contributed by atoms with Crippen LogP contribution < -0.4 is 10.5 Å². The number of nitrogens with two attached hydrogens (primary N) is 1. The van der Waals surface area contributed by atoms with Crippen LogP contribution in [0.1, 0.15) is 31.2 Å². The van der Waals surface area contributed by atoms with Gasteiger partial charge in [0.2, 0.25) is 10.0 Å². The zero-order chi connectivity index (χ0) is 20.9. The Hall–Kier alpha value is -2.65. The second-order valence-corrected chi connectivity index (χ2v) is 8.68. The molecule has 0 saturated heterocycles. The van der Waals surface area contributed by atoms with Gasteiger partial charge in [0, 0.05) is 25.0 Å². The number of hydrogen-bond donors (Lipinski definition) is 2. The summed E-state index contributed by atoms with van der Waals surface area (Å²) in [5.41, 5.74) is 9.15. The zero-order valence-corrected chi connectivity index (χ0v) is 17.6. The standard InChI is InChI=1S/C20H27N5O3S/c1-3-28-14-17-23-18-19(15(2)13-22-20(18)21)25(17)11-7-8-12-29(26,27)24-16-9-5-4-6-10-16/h4-6,9-10,13,24H,3,7-8,11-12,14H2,1-2H3,(H2,21,22). The van der Waals surface area contributed by atoms with Gasteiger partial charge < -0.3 is 15.0 Å². The monoisotopic (exact) mass is 417 g/mol. The number of nitrogen functional groups attached to an aromatic ring is 1. The molecular weight excluding hydrogens is 390 g/mol. The number of nitrogens with zero attached hydrogens (tertiary/aromatic N) is 3. The lowest BCUT2D eigenvalue weighted by Gasteiger charge is -2.11. The number of ether oxygens (including phenoxy) is 1. The van der Waals surface area contributed by atoms with Crippen molar-refractivity contribution in [1.29, 1.82) is 0 Å². The number of unbranched alkanes of at least 4 members (excludes halogenated alkanes) is 1. The molecule has 0 amide bonds. The molecule has 0 radical (unpaired) electrons. The third-order valence-electron chi connectivity index (χ3n) is 4.59. The van der Waals surface area contributed by atoms with Crippen LogP contribution in [0.3, 0.4) is 0 Å². The van der Waals surface area contributed by atoms with Crippen molar-refractivity contribution < 1.29 is 13.2 Å². The van der Waals surface area contributed by atoms with E-state index in [1.165, 1.54) is 0 Å². The Morgan fingerprint density at radius 2 is 1.97 bits per heavy atom. The number of hydrogen-bond acceptors (Lipinski definition) is 6. The molecule has 0 spiro atoms. The van der Waals surface area contributed by atoms with Gasteiger partial charge in [-0.2, -0.15) is 0 Å². The first kappa shape index (κ1) is 21.1. The largest absolute Gasteiger partial charge is 0.382 e. The van der Waals surface area contributed by atoms with Gasteiger partial charge in [0.05, 0.1) is 11.3 Å². The first-order valence-electron chi connectivity index (χ1n) is 9.64. The molecular formula is C20H27N5O3S. The van der Waals surface area contributed by atoms with Crippen LogP contribution in [0.2, 0.25) is 0 Å². The highest BCUT2D eigenvalue weighted by molar-refractivity contribution is 7.92. The van der Waals surface area contributed by atoms with Crippen molar-refractivity contribution in [2.75, 3.05) is 22.8 Å². The summed E-state index contributed by atoms with van der Waals surface area (Å²) >= 11 is 0. The topological polar surface area (TPSA) is 112 Å². The molecule has 29 heavy (non-hydrogen) atoms. The van der Waals surface area contributed by atoms with Crippen LogP contribution in [0, 0.1) is 6.92 Å². The van der Waals surface area contributed by atoms with Crippen LogP contribution in [-0.4, -0.2) is 35.3 Å². The zero-order valence-electron chi connectivity index (χ0n) is 16.8. The molecule has 0 aliphatic carbocycles. The second-order valence-electron chi connectivity index (χ2n) is 6.83. The third-order valence-corrected chi connectivity index (χ3v) is 5.96. The lowest BCUT2D eigenvalue weighted by molar-refractivity contribution is 0.126. The highest BCUT2D eigenvalue weighted by Crippen LogP contribution is 2.24. The smallest absolute Gasteiger partial charge is 0.232 e. The molecule has 3 aromatic rings. The van der Waals surface area contributed by atoms with Gasteiger partial charge in [-0.3, -0.25) is 4.72 Å². The van der Waals surface area contributed by atoms with Crippen molar-refractivity contribution in [3.05, 3.63) is 47.9 Å². The van der Waals surface area contributed by atoms with Gasteiger partial charge in [0.15, 0.2) is 5.82 Å². The maximum Gasteiger partial charge on any atom is 0.232 e. The first-order valence-corrected chi connectivity index (χ1v) is 11.3. The van der Waals surface area contributed by atoms with Crippen molar-refractivity contribution in [3.63, 3.8) is 0 Å². The number of nitrogens with one attached hydrogen (secondary N) is 1. The SMILES string of the molecule is CCOCc1nc2c(N)ncc(C)c2n1CCCCS(=O)(=O)Nc1ccccc1. The molecule has 9 heteroatoms. The normalized spacial score (nSPS) is 11.8. The summed E-state index contributed by atoms with van der Waals surface area (Å²) in [6, 6.07) is 8.90. The van der Waals surface area contributed by atoms with E-state index < -0.39 is 10.0 Å². The molecule has 0 atom stereocenters. The van der Waals surface area contributed by atoms with Crippen molar-refractivity contribution in [3.8, 4) is 0 Å². The number of aryl methyl sites for hydroxylation is 2. The molecule has 156 valence electrons. The second kappa shape index (κ2) is 9.23. The van der Waals surface area contributed by atoms with Crippen LogP contribution >= 0.6 is 0 Å². The molecule has 0 fully saturated rings. The number of fused-ring (bicyclic) bond motifs is 1. The van der Waals surface area contributed by atoms with Gasteiger partial charge in [-0.15, -0.1) is 0 Å². The van der Waals surface area contributed by atoms with E-state index >= 15 is 0 Å². The van der Waals surface area contributed by atoms with E-state index in [0.717, 1.165) is 16.9 Å². The Labute approximate surface area is 171 Å². The van der Waals surface area contributed by atoms with Gasteiger partial charge in [0.25, 0.3) is 0 Å². The minimum atomic E-state index is -3.39. The fourth-order valence-corrected chi connectivity index (χ4v) is 4.39. The predicted molar refractivity (Wildman–Crippen MR) is 115 cm³/mol. The Morgan fingerprint density at radius 3 is 2.69 bits per heavy atom. The van der Waals surface area contributed by atoms with Crippen LogP contribution in [-0.2, 0) is 27.9 Å². The molecule has 2 aromatic heterocycles. The summed E-state index contributed by atoms with van der Waals surface area (Å²) in [6.07, 6.45) is 2.94. The van der Waals surface area contributed by atoms with Crippen LogP contribution in [0.5, 0.6) is 0 Å². The average molecular weight is 418 g/mol. The van der Waals surface area contributed by atoms with Gasteiger partial charge >= 0.3 is 0 Å². The molecule has 0 bridgehead atoms. The molecule has 1 aromatic carbocycles. The Bertz CT molecular complexity index is 1060. The summed E-state index contributed by atoms with van der Waals surface area (Å²) in [6.45, 7) is 5.48. The van der Waals surface area contributed by atoms with Crippen LogP contribution in [0.15, 0.2) is 36.5 Å². The van der Waals surface area contributed by atoms with E-state index in [1.54, 1.807) is 30.5 Å². The maximum absolute atomic E-state index is 12.3. The summed E-state index contributed by atoms with van der Waals surface area (Å²) < 4.78 is 34.8. The third kappa shape index (κ3) is 5.24. The molecule has 0 aliphatic heterocycles. The van der Waals surface area contributed by atoms with Gasteiger partial charge in [0.1, 0.15) is 17.9 Å². The summed E-state index contributed by atoms with van der Waals surface area (Å²) in [5, 5.41) is 0. The molecule has 8 nitrogen and oxygen atoms in total. The fraction of sp³-hybridized carbons (Fsp3) is 0.400. The molecule has 3 N–H and O–H groups in total.